The summed E-state index contributed by atoms with van der Waals surface area (Å²) < 4.78 is 0.989. The Bertz CT molecular complexity index is 391. The lowest BCUT2D eigenvalue weighted by Crippen LogP contribution is -2.45. The van der Waals surface area contributed by atoms with E-state index in [0.29, 0.717) is 14.2 Å². The molecule has 2 heterocycles. The molecule has 7 heteroatoms. The molecule has 0 saturated carbocycles. The second-order valence-electron chi connectivity index (χ2n) is 3.75. The van der Waals surface area contributed by atoms with Crippen LogP contribution in [0.2, 0.25) is 8.67 Å². The van der Waals surface area contributed by atoms with Gasteiger partial charge in [-0.15, -0.1) is 23.7 Å². The minimum atomic E-state index is -0.137. The van der Waals surface area contributed by atoms with Gasteiger partial charge >= 0.3 is 0 Å². The van der Waals surface area contributed by atoms with Gasteiger partial charge < -0.3 is 10.6 Å². The molecule has 0 aromatic carbocycles. The third-order valence-corrected chi connectivity index (χ3v) is 4.02. The molecule has 2 rings (SSSR count). The van der Waals surface area contributed by atoms with E-state index in [0.717, 1.165) is 25.9 Å². The van der Waals surface area contributed by atoms with E-state index >= 15 is 0 Å². The van der Waals surface area contributed by atoms with Crippen LogP contribution in [0.4, 0.5) is 0 Å². The summed E-state index contributed by atoms with van der Waals surface area (Å²) in [5, 5.41) is 6.19. The monoisotopic (exact) mass is 314 g/mol. The summed E-state index contributed by atoms with van der Waals surface area (Å²) in [6, 6.07) is 1.80. The van der Waals surface area contributed by atoms with Crippen LogP contribution in [0.3, 0.4) is 0 Å². The quantitative estimate of drug-likeness (QED) is 0.881. The van der Waals surface area contributed by atoms with E-state index < -0.39 is 0 Å². The molecule has 1 saturated heterocycles. The van der Waals surface area contributed by atoms with Crippen molar-refractivity contribution in [2.24, 2.45) is 0 Å². The van der Waals surface area contributed by atoms with Crippen LogP contribution in [-0.2, 0) is 0 Å². The Morgan fingerprint density at radius 2 is 2.29 bits per heavy atom. The van der Waals surface area contributed by atoms with Crippen LogP contribution in [-0.4, -0.2) is 25.0 Å². The Hall–Kier alpha value is -0.0000000000000000555. The number of halogens is 3. The summed E-state index contributed by atoms with van der Waals surface area (Å²) in [5.41, 5.74) is 0.474. The fourth-order valence-electron chi connectivity index (χ4n) is 1.73. The number of nitrogens with one attached hydrogen (secondary N) is 2. The molecule has 0 bridgehead atoms. The molecule has 1 aromatic rings. The molecule has 1 fully saturated rings. The molecule has 1 aliphatic heterocycles. The molecule has 3 nitrogen and oxygen atoms in total. The minimum Gasteiger partial charge on any atom is -0.348 e. The standard InChI is InChI=1S/C10H12Cl2N2OS.ClH/c11-8-4-7(9(12)16-8)10(15)14-6-2-1-3-13-5-6;/h4,6,13H,1-3,5H2,(H,14,15);1H/t6-;/m1./s1. The number of carbonyl (C=O) groups is 1. The first-order chi connectivity index (χ1) is 7.66. The van der Waals surface area contributed by atoms with Crippen LogP contribution < -0.4 is 10.6 Å². The molecule has 1 aliphatic rings. The first-order valence-electron chi connectivity index (χ1n) is 5.13. The van der Waals surface area contributed by atoms with Gasteiger partial charge in [0, 0.05) is 12.6 Å². The average molecular weight is 316 g/mol. The molecule has 0 aliphatic carbocycles. The van der Waals surface area contributed by atoms with Crippen molar-refractivity contribution in [3.8, 4) is 0 Å². The molecule has 0 unspecified atom stereocenters. The van der Waals surface area contributed by atoms with Crippen LogP contribution >= 0.6 is 46.9 Å². The molecule has 0 radical (unpaired) electrons. The van der Waals surface area contributed by atoms with Crippen molar-refractivity contribution >= 4 is 52.9 Å². The van der Waals surface area contributed by atoms with E-state index in [-0.39, 0.29) is 24.4 Å². The lowest BCUT2D eigenvalue weighted by Gasteiger charge is -2.23. The van der Waals surface area contributed by atoms with Gasteiger partial charge in [0.1, 0.15) is 4.34 Å². The predicted molar refractivity (Wildman–Crippen MR) is 74.9 cm³/mol. The third-order valence-electron chi connectivity index (χ3n) is 2.53. The van der Waals surface area contributed by atoms with E-state index in [4.69, 9.17) is 23.2 Å². The maximum atomic E-state index is 11.9. The van der Waals surface area contributed by atoms with Gasteiger partial charge in [0.25, 0.3) is 5.91 Å². The van der Waals surface area contributed by atoms with Gasteiger partial charge in [-0.1, -0.05) is 23.2 Å². The van der Waals surface area contributed by atoms with Crippen molar-refractivity contribution < 1.29 is 4.79 Å². The van der Waals surface area contributed by atoms with Gasteiger partial charge in [-0.25, -0.2) is 0 Å². The summed E-state index contributed by atoms with van der Waals surface area (Å²) in [5.74, 6) is -0.137. The zero-order chi connectivity index (χ0) is 11.5. The number of amides is 1. The first-order valence-corrected chi connectivity index (χ1v) is 6.70. The van der Waals surface area contributed by atoms with Crippen molar-refractivity contribution in [1.29, 1.82) is 0 Å². The largest absolute Gasteiger partial charge is 0.348 e. The maximum absolute atomic E-state index is 11.9. The zero-order valence-corrected chi connectivity index (χ0v) is 12.1. The Labute approximate surface area is 120 Å². The SMILES string of the molecule is Cl.O=C(N[C@@H]1CCCNC1)c1cc(Cl)sc1Cl. The molecule has 0 spiro atoms. The number of piperidine rings is 1. The van der Waals surface area contributed by atoms with E-state index in [1.54, 1.807) is 6.07 Å². The first kappa shape index (κ1) is 15.1. The van der Waals surface area contributed by atoms with Gasteiger partial charge in [0.05, 0.1) is 9.90 Å². The topological polar surface area (TPSA) is 41.1 Å². The lowest BCUT2D eigenvalue weighted by atomic mass is 10.1. The summed E-state index contributed by atoms with van der Waals surface area (Å²) in [6.45, 7) is 1.85. The third kappa shape index (κ3) is 4.00. The van der Waals surface area contributed by atoms with Gasteiger partial charge in [-0.2, -0.15) is 0 Å². The Morgan fingerprint density at radius 3 is 2.82 bits per heavy atom. The molecule has 1 aromatic heterocycles. The van der Waals surface area contributed by atoms with Crippen LogP contribution in [0.1, 0.15) is 23.2 Å². The van der Waals surface area contributed by atoms with Crippen LogP contribution in [0.25, 0.3) is 0 Å². The Balaban J connectivity index is 0.00000144. The van der Waals surface area contributed by atoms with E-state index in [1.807, 2.05) is 0 Å². The van der Waals surface area contributed by atoms with Crippen molar-refractivity contribution in [3.63, 3.8) is 0 Å². The lowest BCUT2D eigenvalue weighted by molar-refractivity contribution is 0.0931. The fraction of sp³-hybridized carbons (Fsp3) is 0.500. The molecule has 96 valence electrons. The van der Waals surface area contributed by atoms with Gasteiger partial charge in [0.2, 0.25) is 0 Å². The molecular weight excluding hydrogens is 303 g/mol. The van der Waals surface area contributed by atoms with Gasteiger partial charge in [-0.05, 0) is 25.5 Å². The van der Waals surface area contributed by atoms with Crippen LogP contribution in [0.5, 0.6) is 0 Å². The summed E-state index contributed by atoms with van der Waals surface area (Å²) in [4.78, 5) is 11.9. The summed E-state index contributed by atoms with van der Waals surface area (Å²) >= 11 is 12.9. The van der Waals surface area contributed by atoms with Crippen molar-refractivity contribution in [2.75, 3.05) is 13.1 Å². The van der Waals surface area contributed by atoms with Crippen molar-refractivity contribution in [1.82, 2.24) is 10.6 Å². The number of rotatable bonds is 2. The highest BCUT2D eigenvalue weighted by Gasteiger charge is 2.19. The molecule has 2 N–H and O–H groups in total. The van der Waals surface area contributed by atoms with Crippen LogP contribution in [0.15, 0.2) is 6.07 Å². The van der Waals surface area contributed by atoms with E-state index in [2.05, 4.69) is 10.6 Å². The van der Waals surface area contributed by atoms with Crippen molar-refractivity contribution in [3.05, 3.63) is 20.3 Å². The molecule has 1 amide bonds. The molecule has 1 atom stereocenters. The number of carbonyl (C=O) groups excluding carboxylic acids is 1. The second-order valence-corrected chi connectivity index (χ2v) is 6.04. The van der Waals surface area contributed by atoms with Crippen molar-refractivity contribution in [2.45, 2.75) is 18.9 Å². The number of hydrogen-bond acceptors (Lipinski definition) is 3. The zero-order valence-electron chi connectivity index (χ0n) is 8.96. The highest BCUT2D eigenvalue weighted by Crippen LogP contribution is 2.31. The minimum absolute atomic E-state index is 0. The van der Waals surface area contributed by atoms with E-state index in [9.17, 15) is 4.79 Å². The van der Waals surface area contributed by atoms with E-state index in [1.165, 1.54) is 11.3 Å². The second kappa shape index (κ2) is 6.81. The number of hydrogen-bond donors (Lipinski definition) is 2. The van der Waals surface area contributed by atoms with Crippen LogP contribution in [0, 0.1) is 0 Å². The smallest absolute Gasteiger partial charge is 0.253 e. The van der Waals surface area contributed by atoms with Gasteiger partial charge in [0.15, 0.2) is 0 Å². The summed E-state index contributed by atoms with van der Waals surface area (Å²) in [6.07, 6.45) is 2.09. The fourth-order valence-corrected chi connectivity index (χ4v) is 3.19. The average Bonchev–Trinajstić information content (AvgIpc) is 2.59. The molecular formula is C10H13Cl3N2OS. The predicted octanol–water partition coefficient (Wildman–Crippen LogP) is 2.96. The highest BCUT2D eigenvalue weighted by molar-refractivity contribution is 7.20. The number of thiophene rings is 1. The van der Waals surface area contributed by atoms with Gasteiger partial charge in [-0.3, -0.25) is 4.79 Å². The Kier molecular flexibility index (Phi) is 6.03. The normalized spacial score (nSPS) is 19.5. The highest BCUT2D eigenvalue weighted by atomic mass is 35.5. The molecule has 17 heavy (non-hydrogen) atoms. The maximum Gasteiger partial charge on any atom is 0.253 e. The Morgan fingerprint density at radius 1 is 1.53 bits per heavy atom. The summed E-state index contributed by atoms with van der Waals surface area (Å²) in [7, 11) is 0.